The van der Waals surface area contributed by atoms with E-state index in [4.69, 9.17) is 0 Å². The molecule has 5 nitrogen and oxygen atoms in total. The second kappa shape index (κ2) is 12.1. The van der Waals surface area contributed by atoms with Crippen LogP contribution in [0.5, 0.6) is 0 Å². The number of carbonyl (C=O) groups is 1. The first kappa shape index (κ1) is 22.7. The Morgan fingerprint density at radius 2 is 1.92 bits per heavy atom. The third-order valence-corrected chi connectivity index (χ3v) is 4.76. The van der Waals surface area contributed by atoms with Gasteiger partial charge in [0, 0.05) is 31.7 Å². The van der Waals surface area contributed by atoms with E-state index in [-0.39, 0.29) is 29.9 Å². The van der Waals surface area contributed by atoms with Gasteiger partial charge in [-0.05, 0) is 55.7 Å². The van der Waals surface area contributed by atoms with Gasteiger partial charge in [-0.25, -0.2) is 0 Å². The van der Waals surface area contributed by atoms with Crippen LogP contribution < -0.4 is 16.0 Å². The van der Waals surface area contributed by atoms with Crippen LogP contribution in [0, 0.1) is 5.92 Å². The minimum absolute atomic E-state index is 0. The summed E-state index contributed by atoms with van der Waals surface area (Å²) in [5.41, 5.74) is 1.78. The number of halogens is 1. The van der Waals surface area contributed by atoms with Crippen LogP contribution in [-0.2, 0) is 6.54 Å². The summed E-state index contributed by atoms with van der Waals surface area (Å²) in [5, 5.41) is 9.80. The number of aliphatic imine (C=N–C) groups is 1. The Morgan fingerprint density at radius 1 is 1.19 bits per heavy atom. The fraction of sp³-hybridized carbons (Fsp3) is 0.600. The molecule has 146 valence electrons. The number of rotatable bonds is 6. The van der Waals surface area contributed by atoms with E-state index < -0.39 is 0 Å². The summed E-state index contributed by atoms with van der Waals surface area (Å²) >= 11 is 0. The molecule has 0 aliphatic heterocycles. The number of nitrogens with zero attached hydrogens (tertiary/aromatic N) is 1. The van der Waals surface area contributed by atoms with Crippen LogP contribution in [0.15, 0.2) is 29.3 Å². The Labute approximate surface area is 174 Å². The first-order valence-electron chi connectivity index (χ1n) is 9.46. The molecule has 0 saturated heterocycles. The molecule has 1 saturated carbocycles. The molecule has 0 heterocycles. The lowest BCUT2D eigenvalue weighted by Gasteiger charge is -2.28. The molecular weight excluding hydrogens is 439 g/mol. The number of nitrogens with one attached hydrogen (secondary N) is 3. The van der Waals surface area contributed by atoms with Gasteiger partial charge in [-0.2, -0.15) is 0 Å². The molecule has 0 unspecified atom stereocenters. The molecular formula is C20H33IN4O. The van der Waals surface area contributed by atoms with Crippen molar-refractivity contribution in [2.75, 3.05) is 13.6 Å². The zero-order valence-electron chi connectivity index (χ0n) is 16.2. The lowest BCUT2D eigenvalue weighted by molar-refractivity contribution is 0.0953. The molecule has 0 aromatic heterocycles. The highest BCUT2D eigenvalue weighted by atomic mass is 127. The Hall–Kier alpha value is -1.31. The van der Waals surface area contributed by atoms with Crippen LogP contribution in [0.2, 0.25) is 0 Å². The van der Waals surface area contributed by atoms with Crippen molar-refractivity contribution in [3.8, 4) is 0 Å². The van der Waals surface area contributed by atoms with Crippen molar-refractivity contribution in [2.24, 2.45) is 10.9 Å². The molecule has 1 aromatic rings. The van der Waals surface area contributed by atoms with E-state index in [1.807, 2.05) is 31.2 Å². The molecule has 2 rings (SSSR count). The van der Waals surface area contributed by atoms with Crippen LogP contribution in [0.3, 0.4) is 0 Å². The average molecular weight is 472 g/mol. The van der Waals surface area contributed by atoms with Gasteiger partial charge in [-0.15, -0.1) is 24.0 Å². The normalized spacial score (nSPS) is 20.0. The highest BCUT2D eigenvalue weighted by Gasteiger charge is 2.18. The van der Waals surface area contributed by atoms with Gasteiger partial charge in [0.15, 0.2) is 5.96 Å². The Bertz CT molecular complexity index is 583. The van der Waals surface area contributed by atoms with Crippen molar-refractivity contribution in [2.45, 2.75) is 58.5 Å². The van der Waals surface area contributed by atoms with Gasteiger partial charge in [0.25, 0.3) is 5.91 Å². The van der Waals surface area contributed by atoms with Gasteiger partial charge in [0.1, 0.15) is 0 Å². The van der Waals surface area contributed by atoms with Gasteiger partial charge >= 0.3 is 0 Å². The van der Waals surface area contributed by atoms with E-state index in [0.29, 0.717) is 24.7 Å². The molecule has 3 N–H and O–H groups in total. The largest absolute Gasteiger partial charge is 0.354 e. The van der Waals surface area contributed by atoms with Crippen LogP contribution in [0.25, 0.3) is 0 Å². The monoisotopic (exact) mass is 472 g/mol. The zero-order valence-corrected chi connectivity index (χ0v) is 18.5. The molecule has 1 fully saturated rings. The SMILES string of the molecule is CCCNC(=O)c1cccc(CNC(=NC)NC2CCC(C)CC2)c1.I. The Balaban J connectivity index is 0.00000338. The lowest BCUT2D eigenvalue weighted by Crippen LogP contribution is -2.44. The summed E-state index contributed by atoms with van der Waals surface area (Å²) < 4.78 is 0. The van der Waals surface area contributed by atoms with Crippen LogP contribution in [-0.4, -0.2) is 31.5 Å². The maximum Gasteiger partial charge on any atom is 0.251 e. The smallest absolute Gasteiger partial charge is 0.251 e. The number of amides is 1. The van der Waals surface area contributed by atoms with E-state index in [0.717, 1.165) is 23.9 Å². The summed E-state index contributed by atoms with van der Waals surface area (Å²) in [6.07, 6.45) is 5.91. The summed E-state index contributed by atoms with van der Waals surface area (Å²) in [7, 11) is 1.80. The fourth-order valence-corrected chi connectivity index (χ4v) is 3.14. The molecule has 1 aliphatic rings. The summed E-state index contributed by atoms with van der Waals surface area (Å²) in [6, 6.07) is 8.25. The first-order chi connectivity index (χ1) is 12.1. The van der Waals surface area contributed by atoms with Crippen molar-refractivity contribution in [3.63, 3.8) is 0 Å². The number of hydrogen-bond acceptors (Lipinski definition) is 2. The van der Waals surface area contributed by atoms with Crippen molar-refractivity contribution in [1.82, 2.24) is 16.0 Å². The molecule has 1 amide bonds. The summed E-state index contributed by atoms with van der Waals surface area (Å²) in [6.45, 7) is 5.73. The van der Waals surface area contributed by atoms with Gasteiger partial charge < -0.3 is 16.0 Å². The summed E-state index contributed by atoms with van der Waals surface area (Å²) in [4.78, 5) is 16.4. The van der Waals surface area contributed by atoms with E-state index in [9.17, 15) is 4.79 Å². The molecule has 1 aliphatic carbocycles. The van der Waals surface area contributed by atoms with Crippen molar-refractivity contribution in [1.29, 1.82) is 0 Å². The molecule has 6 heteroatoms. The number of carbonyl (C=O) groups excluding carboxylic acids is 1. The van der Waals surface area contributed by atoms with Gasteiger partial charge in [-0.1, -0.05) is 26.0 Å². The number of guanidine groups is 1. The van der Waals surface area contributed by atoms with Gasteiger partial charge in [0.2, 0.25) is 0 Å². The van der Waals surface area contributed by atoms with E-state index >= 15 is 0 Å². The molecule has 0 bridgehead atoms. The quantitative estimate of drug-likeness (QED) is 0.336. The van der Waals surface area contributed by atoms with Crippen molar-refractivity contribution < 1.29 is 4.79 Å². The third kappa shape index (κ3) is 7.51. The second-order valence-electron chi connectivity index (χ2n) is 6.98. The molecule has 0 radical (unpaired) electrons. The lowest BCUT2D eigenvalue weighted by atomic mass is 9.87. The van der Waals surface area contributed by atoms with E-state index in [1.54, 1.807) is 7.05 Å². The van der Waals surface area contributed by atoms with Crippen LogP contribution in [0.4, 0.5) is 0 Å². The minimum atomic E-state index is -0.0115. The maximum atomic E-state index is 12.1. The predicted molar refractivity (Wildman–Crippen MR) is 119 cm³/mol. The fourth-order valence-electron chi connectivity index (χ4n) is 3.14. The van der Waals surface area contributed by atoms with Crippen LogP contribution in [0.1, 0.15) is 61.9 Å². The highest BCUT2D eigenvalue weighted by molar-refractivity contribution is 14.0. The van der Waals surface area contributed by atoms with Crippen LogP contribution >= 0.6 is 24.0 Å². The minimum Gasteiger partial charge on any atom is -0.354 e. The Morgan fingerprint density at radius 3 is 2.58 bits per heavy atom. The average Bonchev–Trinajstić information content (AvgIpc) is 2.65. The van der Waals surface area contributed by atoms with Crippen molar-refractivity contribution >= 4 is 35.8 Å². The van der Waals surface area contributed by atoms with Gasteiger partial charge in [-0.3, -0.25) is 9.79 Å². The molecule has 0 atom stereocenters. The zero-order chi connectivity index (χ0) is 18.1. The molecule has 1 aromatic carbocycles. The summed E-state index contributed by atoms with van der Waals surface area (Å²) in [5.74, 6) is 1.66. The number of hydrogen-bond donors (Lipinski definition) is 3. The third-order valence-electron chi connectivity index (χ3n) is 4.76. The van der Waals surface area contributed by atoms with Crippen molar-refractivity contribution in [3.05, 3.63) is 35.4 Å². The Kier molecular flexibility index (Phi) is 10.6. The predicted octanol–water partition coefficient (Wildman–Crippen LogP) is 3.69. The highest BCUT2D eigenvalue weighted by Crippen LogP contribution is 2.23. The standard InChI is InChI=1S/C20H32N4O.HI/c1-4-12-22-19(25)17-7-5-6-16(13-17)14-23-20(21-3)24-18-10-8-15(2)9-11-18;/h5-7,13,15,18H,4,8-12,14H2,1-3H3,(H,22,25)(H2,21,23,24);1H. The maximum absolute atomic E-state index is 12.1. The molecule has 0 spiro atoms. The number of benzene rings is 1. The second-order valence-corrected chi connectivity index (χ2v) is 6.98. The van der Waals surface area contributed by atoms with E-state index in [1.165, 1.54) is 25.7 Å². The topological polar surface area (TPSA) is 65.5 Å². The van der Waals surface area contributed by atoms with E-state index in [2.05, 4.69) is 27.9 Å². The first-order valence-corrected chi connectivity index (χ1v) is 9.46. The molecule has 26 heavy (non-hydrogen) atoms. The van der Waals surface area contributed by atoms with Gasteiger partial charge in [0.05, 0.1) is 0 Å².